The quantitative estimate of drug-likeness (QED) is 0.650. The van der Waals surface area contributed by atoms with Crippen molar-refractivity contribution in [3.63, 3.8) is 0 Å². The van der Waals surface area contributed by atoms with Crippen LogP contribution < -0.4 is 9.46 Å². The third-order valence-electron chi connectivity index (χ3n) is 4.91. The van der Waals surface area contributed by atoms with Gasteiger partial charge in [0, 0.05) is 29.1 Å². The molecule has 0 unspecified atom stereocenters. The normalized spacial score (nSPS) is 14.8. The Morgan fingerprint density at radius 3 is 2.73 bits per heavy atom. The van der Waals surface area contributed by atoms with Crippen LogP contribution in [0.25, 0.3) is 11.1 Å². The standard InChI is InChI=1S/C23H21FN2O3S/c1-3-18(15-6-4-7-17(12-15)26-30(2,27)28)23-19-8-5-11-25-21(19)14-29-22-13-16(24)9-10-20(22)23/h4-13,26H,3,14H2,1-2H3. The molecule has 0 aliphatic carbocycles. The van der Waals surface area contributed by atoms with Gasteiger partial charge in [0.1, 0.15) is 18.2 Å². The molecule has 0 radical (unpaired) electrons. The second kappa shape index (κ2) is 7.91. The van der Waals surface area contributed by atoms with Crippen molar-refractivity contribution in [2.45, 2.75) is 20.0 Å². The molecule has 0 amide bonds. The van der Waals surface area contributed by atoms with Crippen LogP contribution in [0.4, 0.5) is 10.1 Å². The lowest BCUT2D eigenvalue weighted by Gasteiger charge is -2.17. The molecule has 2 aromatic carbocycles. The Balaban J connectivity index is 1.99. The van der Waals surface area contributed by atoms with Crippen molar-refractivity contribution in [1.82, 2.24) is 4.98 Å². The number of pyridine rings is 1. The van der Waals surface area contributed by atoms with E-state index in [0.29, 0.717) is 17.9 Å². The lowest BCUT2D eigenvalue weighted by molar-refractivity contribution is 0.301. The summed E-state index contributed by atoms with van der Waals surface area (Å²) >= 11 is 0. The van der Waals surface area contributed by atoms with E-state index in [1.807, 2.05) is 31.2 Å². The maximum Gasteiger partial charge on any atom is 0.229 e. The van der Waals surface area contributed by atoms with Gasteiger partial charge in [0.05, 0.1) is 11.9 Å². The molecule has 5 nitrogen and oxygen atoms in total. The van der Waals surface area contributed by atoms with Crippen LogP contribution in [-0.4, -0.2) is 19.7 Å². The van der Waals surface area contributed by atoms with Crippen LogP contribution in [0.5, 0.6) is 5.75 Å². The van der Waals surface area contributed by atoms with Crippen LogP contribution in [0.15, 0.2) is 60.8 Å². The zero-order valence-electron chi connectivity index (χ0n) is 16.6. The van der Waals surface area contributed by atoms with Gasteiger partial charge in [-0.3, -0.25) is 9.71 Å². The molecule has 4 rings (SSSR count). The average molecular weight is 424 g/mol. The molecule has 2 heterocycles. The first-order chi connectivity index (χ1) is 14.4. The summed E-state index contributed by atoms with van der Waals surface area (Å²) in [4.78, 5) is 4.47. The number of sulfonamides is 1. The van der Waals surface area contributed by atoms with E-state index < -0.39 is 10.0 Å². The average Bonchev–Trinajstić information content (AvgIpc) is 2.85. The number of nitrogens with one attached hydrogen (secondary N) is 1. The first-order valence-electron chi connectivity index (χ1n) is 9.54. The Labute approximate surface area is 175 Å². The summed E-state index contributed by atoms with van der Waals surface area (Å²) in [5.74, 6) is 0.0868. The predicted octanol–water partition coefficient (Wildman–Crippen LogP) is 4.85. The minimum Gasteiger partial charge on any atom is -0.487 e. The number of rotatable bonds is 4. The van der Waals surface area contributed by atoms with Crippen LogP contribution in [-0.2, 0) is 16.6 Å². The molecular weight excluding hydrogens is 403 g/mol. The van der Waals surface area contributed by atoms with E-state index in [1.165, 1.54) is 12.1 Å². The summed E-state index contributed by atoms with van der Waals surface area (Å²) in [6, 6.07) is 15.6. The van der Waals surface area contributed by atoms with E-state index in [2.05, 4.69) is 9.71 Å². The third kappa shape index (κ3) is 4.07. The summed E-state index contributed by atoms with van der Waals surface area (Å²) in [6.45, 7) is 2.27. The highest BCUT2D eigenvalue weighted by Gasteiger charge is 2.23. The number of anilines is 1. The van der Waals surface area contributed by atoms with Gasteiger partial charge in [-0.2, -0.15) is 0 Å². The zero-order valence-corrected chi connectivity index (χ0v) is 17.5. The second-order valence-electron chi connectivity index (χ2n) is 7.09. The summed E-state index contributed by atoms with van der Waals surface area (Å²) in [5, 5.41) is 0. The highest BCUT2D eigenvalue weighted by molar-refractivity contribution is 7.92. The topological polar surface area (TPSA) is 68.3 Å². The van der Waals surface area contributed by atoms with Gasteiger partial charge in [-0.1, -0.05) is 25.1 Å². The van der Waals surface area contributed by atoms with Crippen LogP contribution >= 0.6 is 0 Å². The molecule has 0 saturated carbocycles. The lowest BCUT2D eigenvalue weighted by atomic mass is 9.87. The molecule has 0 saturated heterocycles. The summed E-state index contributed by atoms with van der Waals surface area (Å²) in [5.41, 5.74) is 5.71. The maximum absolute atomic E-state index is 13.9. The Bertz CT molecular complexity index is 1250. The summed E-state index contributed by atoms with van der Waals surface area (Å²) < 4.78 is 45.7. The van der Waals surface area contributed by atoms with E-state index in [-0.39, 0.29) is 12.4 Å². The molecule has 1 aliphatic heterocycles. The van der Waals surface area contributed by atoms with Gasteiger partial charge in [-0.25, -0.2) is 12.8 Å². The van der Waals surface area contributed by atoms with Gasteiger partial charge < -0.3 is 4.74 Å². The first-order valence-corrected chi connectivity index (χ1v) is 11.4. The summed E-state index contributed by atoms with van der Waals surface area (Å²) in [7, 11) is -3.40. The van der Waals surface area contributed by atoms with E-state index in [1.54, 1.807) is 24.4 Å². The molecule has 1 N–H and O–H groups in total. The van der Waals surface area contributed by atoms with Crippen molar-refractivity contribution in [3.8, 4) is 5.75 Å². The summed E-state index contributed by atoms with van der Waals surface area (Å²) in [6.07, 6.45) is 3.50. The van der Waals surface area contributed by atoms with Gasteiger partial charge in [-0.15, -0.1) is 0 Å². The third-order valence-corrected chi connectivity index (χ3v) is 5.51. The maximum atomic E-state index is 13.9. The number of ether oxygens (including phenoxy) is 1. The van der Waals surface area contributed by atoms with Gasteiger partial charge >= 0.3 is 0 Å². The molecule has 154 valence electrons. The van der Waals surface area contributed by atoms with Crippen molar-refractivity contribution in [2.75, 3.05) is 11.0 Å². The Morgan fingerprint density at radius 1 is 1.13 bits per heavy atom. The molecule has 1 aliphatic rings. The molecule has 0 spiro atoms. The van der Waals surface area contributed by atoms with Gasteiger partial charge in [0.15, 0.2) is 0 Å². The number of nitrogens with zero attached hydrogens (tertiary/aromatic N) is 1. The lowest BCUT2D eigenvalue weighted by Crippen LogP contribution is -2.09. The molecule has 7 heteroatoms. The predicted molar refractivity (Wildman–Crippen MR) is 116 cm³/mol. The van der Waals surface area contributed by atoms with Crippen LogP contribution in [0.2, 0.25) is 0 Å². The largest absolute Gasteiger partial charge is 0.487 e. The van der Waals surface area contributed by atoms with Crippen molar-refractivity contribution in [2.24, 2.45) is 0 Å². The highest BCUT2D eigenvalue weighted by atomic mass is 32.2. The number of fused-ring (bicyclic) bond motifs is 2. The molecule has 0 atom stereocenters. The van der Waals surface area contributed by atoms with Gasteiger partial charge in [0.2, 0.25) is 10.0 Å². The minimum absolute atomic E-state index is 0.239. The van der Waals surface area contributed by atoms with Crippen LogP contribution in [0.3, 0.4) is 0 Å². The molecule has 0 fully saturated rings. The molecule has 0 bridgehead atoms. The minimum atomic E-state index is -3.40. The number of hydrogen-bond acceptors (Lipinski definition) is 4. The first kappa shape index (κ1) is 20.1. The Hall–Kier alpha value is -3.19. The monoisotopic (exact) mass is 424 g/mol. The van der Waals surface area contributed by atoms with E-state index in [9.17, 15) is 12.8 Å². The zero-order chi connectivity index (χ0) is 21.3. The number of allylic oxidation sites excluding steroid dienone is 1. The highest BCUT2D eigenvalue weighted by Crippen LogP contribution is 2.42. The van der Waals surface area contributed by atoms with Crippen molar-refractivity contribution >= 4 is 26.9 Å². The van der Waals surface area contributed by atoms with Crippen molar-refractivity contribution in [3.05, 3.63) is 89.0 Å². The fourth-order valence-corrected chi connectivity index (χ4v) is 4.28. The van der Waals surface area contributed by atoms with Gasteiger partial charge in [-0.05, 0) is 53.5 Å². The van der Waals surface area contributed by atoms with Crippen molar-refractivity contribution in [1.29, 1.82) is 0 Å². The number of halogens is 1. The number of aromatic nitrogens is 1. The Morgan fingerprint density at radius 2 is 1.97 bits per heavy atom. The Kier molecular flexibility index (Phi) is 5.30. The second-order valence-corrected chi connectivity index (χ2v) is 8.84. The van der Waals surface area contributed by atoms with E-state index in [4.69, 9.17) is 4.74 Å². The molecule has 3 aromatic rings. The van der Waals surface area contributed by atoms with Gasteiger partial charge in [0.25, 0.3) is 0 Å². The SMILES string of the molecule is CCC(=C1c2ccc(F)cc2OCc2ncccc21)c1cccc(NS(C)(=O)=O)c1. The fraction of sp³-hybridized carbons (Fsp3) is 0.174. The van der Waals surface area contributed by atoms with E-state index >= 15 is 0 Å². The smallest absolute Gasteiger partial charge is 0.229 e. The molecule has 1 aromatic heterocycles. The molecule has 30 heavy (non-hydrogen) atoms. The molecular formula is C23H21FN2O3S. The van der Waals surface area contributed by atoms with Crippen LogP contribution in [0.1, 0.15) is 35.7 Å². The van der Waals surface area contributed by atoms with Crippen molar-refractivity contribution < 1.29 is 17.5 Å². The fourth-order valence-electron chi connectivity index (χ4n) is 3.73. The number of benzene rings is 2. The van der Waals surface area contributed by atoms with Crippen LogP contribution in [0, 0.1) is 5.82 Å². The number of hydrogen-bond donors (Lipinski definition) is 1. The van der Waals surface area contributed by atoms with E-state index in [0.717, 1.165) is 39.8 Å².